The molecule has 24 heavy (non-hydrogen) atoms. The highest BCUT2D eigenvalue weighted by Crippen LogP contribution is 2.30. The van der Waals surface area contributed by atoms with E-state index in [1.165, 1.54) is 0 Å². The summed E-state index contributed by atoms with van der Waals surface area (Å²) in [5, 5.41) is 14.1. The molecular formula is C18H30N4O2. The molecule has 2 aliphatic rings. The highest BCUT2D eigenvalue weighted by Gasteiger charge is 2.31. The van der Waals surface area contributed by atoms with Crippen molar-refractivity contribution in [3.63, 3.8) is 0 Å². The predicted octanol–water partition coefficient (Wildman–Crippen LogP) is 1.84. The number of aromatic nitrogens is 2. The minimum Gasteiger partial charge on any atom is -0.474 e. The Morgan fingerprint density at radius 1 is 1.12 bits per heavy atom. The van der Waals surface area contributed by atoms with Gasteiger partial charge in [-0.1, -0.05) is 0 Å². The molecule has 0 aliphatic carbocycles. The molecule has 0 radical (unpaired) electrons. The molecule has 1 aromatic heterocycles. The summed E-state index contributed by atoms with van der Waals surface area (Å²) in [6.07, 6.45) is 7.64. The van der Waals surface area contributed by atoms with Gasteiger partial charge in [-0.05, 0) is 64.5 Å². The maximum absolute atomic E-state index is 10.7. The Balaban J connectivity index is 1.54. The Morgan fingerprint density at radius 2 is 1.79 bits per heavy atom. The van der Waals surface area contributed by atoms with Crippen molar-refractivity contribution in [3.8, 4) is 5.88 Å². The summed E-state index contributed by atoms with van der Waals surface area (Å²) in [5.41, 5.74) is 0. The highest BCUT2D eigenvalue weighted by molar-refractivity contribution is 5.38. The normalized spacial score (nSPS) is 21.9. The molecule has 2 N–H and O–H groups in total. The first kappa shape index (κ1) is 17.4. The molecule has 6 nitrogen and oxygen atoms in total. The molecule has 134 valence electrons. The Morgan fingerprint density at radius 3 is 2.46 bits per heavy atom. The number of nitrogens with zero attached hydrogens (tertiary/aromatic N) is 3. The number of hydrogen-bond donors (Lipinski definition) is 2. The second-order valence-corrected chi connectivity index (χ2v) is 7.28. The van der Waals surface area contributed by atoms with Gasteiger partial charge in [0.15, 0.2) is 5.82 Å². The summed E-state index contributed by atoms with van der Waals surface area (Å²) in [7, 11) is 0. The lowest BCUT2D eigenvalue weighted by Crippen LogP contribution is -2.43. The maximum Gasteiger partial charge on any atom is 0.234 e. The van der Waals surface area contributed by atoms with Crippen molar-refractivity contribution >= 4 is 5.82 Å². The molecule has 3 heterocycles. The van der Waals surface area contributed by atoms with Gasteiger partial charge in [0.05, 0.1) is 24.6 Å². The van der Waals surface area contributed by atoms with Gasteiger partial charge >= 0.3 is 0 Å². The molecular weight excluding hydrogens is 304 g/mol. The third kappa shape index (κ3) is 4.36. The van der Waals surface area contributed by atoms with Crippen LogP contribution in [0.2, 0.25) is 0 Å². The fraction of sp³-hybridized carbons (Fsp3) is 0.778. The molecule has 1 atom stereocenters. The lowest BCUT2D eigenvalue weighted by molar-refractivity contribution is 0.0265. The highest BCUT2D eigenvalue weighted by atomic mass is 16.5. The number of anilines is 1. The molecule has 0 bridgehead atoms. The Labute approximate surface area is 144 Å². The van der Waals surface area contributed by atoms with Crippen LogP contribution in [-0.4, -0.2) is 53.5 Å². The lowest BCUT2D eigenvalue weighted by Gasteiger charge is -2.38. The van der Waals surface area contributed by atoms with Crippen LogP contribution in [-0.2, 0) is 0 Å². The van der Waals surface area contributed by atoms with Crippen molar-refractivity contribution in [2.45, 2.75) is 51.7 Å². The van der Waals surface area contributed by atoms with Gasteiger partial charge in [-0.2, -0.15) is 4.98 Å². The third-order valence-electron chi connectivity index (χ3n) is 5.17. The zero-order chi connectivity index (χ0) is 16.9. The Kier molecular flexibility index (Phi) is 5.89. The van der Waals surface area contributed by atoms with Crippen LogP contribution in [0.1, 0.15) is 39.5 Å². The standard InChI is InChI=1S/C18H30N4O2/c1-13(2)24-17-12-20-11-16(21-17)22-9-5-15(6-10-22)18(23)14-3-7-19-8-4-14/h11-15,18-19,23H,3-10H2,1-2H3. The first-order chi connectivity index (χ1) is 11.6. The second kappa shape index (κ2) is 8.12. The van der Waals surface area contributed by atoms with E-state index in [2.05, 4.69) is 20.2 Å². The summed E-state index contributed by atoms with van der Waals surface area (Å²) in [6, 6.07) is 0. The predicted molar refractivity (Wildman–Crippen MR) is 94.3 cm³/mol. The van der Waals surface area contributed by atoms with Crippen LogP contribution in [0.15, 0.2) is 12.4 Å². The molecule has 1 aromatic rings. The van der Waals surface area contributed by atoms with Crippen LogP contribution in [0.25, 0.3) is 0 Å². The molecule has 3 rings (SSSR count). The Hall–Kier alpha value is -1.40. The summed E-state index contributed by atoms with van der Waals surface area (Å²) in [5.74, 6) is 2.33. The zero-order valence-electron chi connectivity index (χ0n) is 14.8. The van der Waals surface area contributed by atoms with Crippen molar-refractivity contribution in [2.24, 2.45) is 11.8 Å². The van der Waals surface area contributed by atoms with Gasteiger partial charge in [-0.3, -0.25) is 4.98 Å². The van der Waals surface area contributed by atoms with E-state index in [1.54, 1.807) is 12.4 Å². The topological polar surface area (TPSA) is 70.5 Å². The van der Waals surface area contributed by atoms with E-state index in [4.69, 9.17) is 4.74 Å². The number of aliphatic hydroxyl groups excluding tert-OH is 1. The molecule has 6 heteroatoms. The molecule has 1 unspecified atom stereocenters. The molecule has 0 saturated carbocycles. The number of nitrogens with one attached hydrogen (secondary N) is 1. The van der Waals surface area contributed by atoms with E-state index in [9.17, 15) is 5.11 Å². The summed E-state index contributed by atoms with van der Waals surface area (Å²) in [6.45, 7) is 7.90. The van der Waals surface area contributed by atoms with E-state index in [1.807, 2.05) is 13.8 Å². The average Bonchev–Trinajstić information content (AvgIpc) is 2.62. The largest absolute Gasteiger partial charge is 0.474 e. The van der Waals surface area contributed by atoms with Crippen molar-refractivity contribution < 1.29 is 9.84 Å². The first-order valence-electron chi connectivity index (χ1n) is 9.26. The van der Waals surface area contributed by atoms with E-state index in [0.29, 0.717) is 17.7 Å². The second-order valence-electron chi connectivity index (χ2n) is 7.28. The van der Waals surface area contributed by atoms with Crippen LogP contribution in [0, 0.1) is 11.8 Å². The van der Waals surface area contributed by atoms with Gasteiger partial charge in [-0.15, -0.1) is 0 Å². The maximum atomic E-state index is 10.7. The molecule has 0 amide bonds. The van der Waals surface area contributed by atoms with Crippen molar-refractivity contribution in [3.05, 3.63) is 12.4 Å². The van der Waals surface area contributed by atoms with Crippen molar-refractivity contribution in [1.82, 2.24) is 15.3 Å². The third-order valence-corrected chi connectivity index (χ3v) is 5.17. The van der Waals surface area contributed by atoms with Crippen LogP contribution < -0.4 is 15.0 Å². The molecule has 0 spiro atoms. The smallest absolute Gasteiger partial charge is 0.234 e. The lowest BCUT2D eigenvalue weighted by atomic mass is 9.80. The van der Waals surface area contributed by atoms with Gasteiger partial charge in [0, 0.05) is 13.1 Å². The van der Waals surface area contributed by atoms with Crippen LogP contribution in [0.5, 0.6) is 5.88 Å². The van der Waals surface area contributed by atoms with Gasteiger partial charge in [0.1, 0.15) is 0 Å². The molecule has 0 aromatic carbocycles. The van der Waals surface area contributed by atoms with Crippen molar-refractivity contribution in [2.75, 3.05) is 31.1 Å². The summed E-state index contributed by atoms with van der Waals surface area (Å²) in [4.78, 5) is 11.1. The van der Waals surface area contributed by atoms with Crippen LogP contribution >= 0.6 is 0 Å². The zero-order valence-corrected chi connectivity index (χ0v) is 14.8. The number of aliphatic hydroxyl groups is 1. The van der Waals surface area contributed by atoms with E-state index < -0.39 is 0 Å². The SMILES string of the molecule is CC(C)Oc1cncc(N2CCC(C(O)C3CCNCC3)CC2)n1. The van der Waals surface area contributed by atoms with Gasteiger partial charge < -0.3 is 20.1 Å². The van der Waals surface area contributed by atoms with Gasteiger partial charge in [0.25, 0.3) is 0 Å². The summed E-state index contributed by atoms with van der Waals surface area (Å²) < 4.78 is 5.64. The van der Waals surface area contributed by atoms with Gasteiger partial charge in [0.2, 0.25) is 5.88 Å². The Bertz CT molecular complexity index is 511. The number of hydrogen-bond acceptors (Lipinski definition) is 6. The number of rotatable bonds is 5. The molecule has 2 fully saturated rings. The van der Waals surface area contributed by atoms with Crippen LogP contribution in [0.4, 0.5) is 5.82 Å². The average molecular weight is 334 g/mol. The quantitative estimate of drug-likeness (QED) is 0.856. The molecule has 2 saturated heterocycles. The molecule has 2 aliphatic heterocycles. The van der Waals surface area contributed by atoms with Crippen LogP contribution in [0.3, 0.4) is 0 Å². The number of ether oxygens (including phenoxy) is 1. The monoisotopic (exact) mass is 334 g/mol. The first-order valence-corrected chi connectivity index (χ1v) is 9.26. The van der Waals surface area contributed by atoms with E-state index in [-0.39, 0.29) is 12.2 Å². The number of piperidine rings is 2. The fourth-order valence-electron chi connectivity index (χ4n) is 3.83. The fourth-order valence-corrected chi connectivity index (χ4v) is 3.83. The minimum absolute atomic E-state index is 0.0976. The minimum atomic E-state index is -0.157. The van der Waals surface area contributed by atoms with Crippen molar-refractivity contribution in [1.29, 1.82) is 0 Å². The summed E-state index contributed by atoms with van der Waals surface area (Å²) >= 11 is 0. The van der Waals surface area contributed by atoms with E-state index >= 15 is 0 Å². The van der Waals surface area contributed by atoms with E-state index in [0.717, 1.165) is 57.7 Å². The van der Waals surface area contributed by atoms with Gasteiger partial charge in [-0.25, -0.2) is 0 Å².